The van der Waals surface area contributed by atoms with E-state index in [-0.39, 0.29) is 12.1 Å². The molecule has 0 aromatic rings. The first kappa shape index (κ1) is 15.9. The molecule has 0 radical (unpaired) electrons. The third-order valence-electron chi connectivity index (χ3n) is 4.10. The molecule has 1 rings (SSSR count). The first-order valence-corrected chi connectivity index (χ1v) is 7.46. The Balaban J connectivity index is 2.27. The highest BCUT2D eigenvalue weighted by Crippen LogP contribution is 2.30. The van der Waals surface area contributed by atoms with Crippen molar-refractivity contribution >= 4 is 0 Å². The van der Waals surface area contributed by atoms with Crippen LogP contribution < -0.4 is 5.32 Å². The lowest BCUT2D eigenvalue weighted by Crippen LogP contribution is -2.46. The fraction of sp³-hybridized carbons (Fsp3) is 1.00. The average molecular weight is 257 g/mol. The predicted octanol–water partition coefficient (Wildman–Crippen LogP) is 2.58. The van der Waals surface area contributed by atoms with Gasteiger partial charge in [0.2, 0.25) is 0 Å². The standard InChI is InChI=1S/C15H31NO2/c1-5-16-15(4,11-17)6-7-18-14-9-12(2)8-13(3)10-14/h12-14,16-17H,5-11H2,1-4H3. The summed E-state index contributed by atoms with van der Waals surface area (Å²) in [6.07, 6.45) is 5.03. The molecule has 0 heterocycles. The van der Waals surface area contributed by atoms with Crippen LogP contribution in [0.2, 0.25) is 0 Å². The molecular weight excluding hydrogens is 226 g/mol. The van der Waals surface area contributed by atoms with Crippen molar-refractivity contribution in [3.05, 3.63) is 0 Å². The first-order chi connectivity index (χ1) is 8.49. The number of likely N-dealkylation sites (N-methyl/N-ethyl adjacent to an activating group) is 1. The quantitative estimate of drug-likeness (QED) is 0.736. The molecule has 108 valence electrons. The van der Waals surface area contributed by atoms with Crippen LogP contribution in [-0.4, -0.2) is 36.5 Å². The van der Waals surface area contributed by atoms with E-state index in [1.165, 1.54) is 19.3 Å². The van der Waals surface area contributed by atoms with E-state index < -0.39 is 0 Å². The third kappa shape index (κ3) is 5.25. The molecule has 1 aliphatic rings. The number of ether oxygens (including phenoxy) is 1. The fourth-order valence-corrected chi connectivity index (χ4v) is 3.11. The second kappa shape index (κ2) is 7.46. The first-order valence-electron chi connectivity index (χ1n) is 7.46. The molecule has 0 aromatic heterocycles. The van der Waals surface area contributed by atoms with Crippen molar-refractivity contribution in [2.45, 2.75) is 65.0 Å². The third-order valence-corrected chi connectivity index (χ3v) is 4.10. The largest absolute Gasteiger partial charge is 0.394 e. The van der Waals surface area contributed by atoms with Crippen LogP contribution >= 0.6 is 0 Å². The lowest BCUT2D eigenvalue weighted by atomic mass is 9.82. The molecule has 0 bridgehead atoms. The van der Waals surface area contributed by atoms with Crippen molar-refractivity contribution in [1.29, 1.82) is 0 Å². The topological polar surface area (TPSA) is 41.5 Å². The molecule has 1 fully saturated rings. The van der Waals surface area contributed by atoms with Gasteiger partial charge in [-0.05, 0) is 51.0 Å². The maximum Gasteiger partial charge on any atom is 0.0611 e. The molecular formula is C15H31NO2. The van der Waals surface area contributed by atoms with Gasteiger partial charge >= 0.3 is 0 Å². The van der Waals surface area contributed by atoms with Gasteiger partial charge in [-0.1, -0.05) is 20.8 Å². The van der Waals surface area contributed by atoms with Gasteiger partial charge < -0.3 is 15.2 Å². The van der Waals surface area contributed by atoms with Gasteiger partial charge in [0, 0.05) is 12.1 Å². The molecule has 0 amide bonds. The number of aliphatic hydroxyl groups is 1. The van der Waals surface area contributed by atoms with E-state index in [1.807, 2.05) is 0 Å². The van der Waals surface area contributed by atoms with E-state index in [4.69, 9.17) is 4.74 Å². The Morgan fingerprint density at radius 2 is 1.83 bits per heavy atom. The Hall–Kier alpha value is -0.120. The molecule has 0 aliphatic heterocycles. The average Bonchev–Trinajstić information content (AvgIpc) is 2.28. The smallest absolute Gasteiger partial charge is 0.0611 e. The molecule has 0 aromatic carbocycles. The van der Waals surface area contributed by atoms with Gasteiger partial charge in [-0.3, -0.25) is 0 Å². The zero-order valence-electron chi connectivity index (χ0n) is 12.5. The molecule has 3 nitrogen and oxygen atoms in total. The number of rotatable bonds is 7. The van der Waals surface area contributed by atoms with Crippen LogP contribution in [0.3, 0.4) is 0 Å². The Kier molecular flexibility index (Phi) is 6.61. The Bertz CT molecular complexity index is 225. The summed E-state index contributed by atoms with van der Waals surface area (Å²) in [5.41, 5.74) is -0.194. The number of hydrogen-bond donors (Lipinski definition) is 2. The van der Waals surface area contributed by atoms with Gasteiger partial charge in [-0.2, -0.15) is 0 Å². The molecule has 3 unspecified atom stereocenters. The van der Waals surface area contributed by atoms with Gasteiger partial charge in [0.1, 0.15) is 0 Å². The van der Waals surface area contributed by atoms with Crippen LogP contribution in [0.4, 0.5) is 0 Å². The molecule has 0 saturated heterocycles. The van der Waals surface area contributed by atoms with Crippen molar-refractivity contribution < 1.29 is 9.84 Å². The van der Waals surface area contributed by atoms with E-state index in [0.29, 0.717) is 6.10 Å². The van der Waals surface area contributed by atoms with Crippen LogP contribution in [0.25, 0.3) is 0 Å². The van der Waals surface area contributed by atoms with Gasteiger partial charge in [0.05, 0.1) is 12.7 Å². The van der Waals surface area contributed by atoms with Crippen molar-refractivity contribution in [3.63, 3.8) is 0 Å². The highest BCUT2D eigenvalue weighted by Gasteiger charge is 2.26. The van der Waals surface area contributed by atoms with Crippen LogP contribution in [0.15, 0.2) is 0 Å². The molecule has 18 heavy (non-hydrogen) atoms. The summed E-state index contributed by atoms with van der Waals surface area (Å²) in [6, 6.07) is 0. The zero-order chi connectivity index (χ0) is 13.6. The highest BCUT2D eigenvalue weighted by atomic mass is 16.5. The molecule has 3 atom stereocenters. The second-order valence-electron chi connectivity index (χ2n) is 6.41. The van der Waals surface area contributed by atoms with Crippen LogP contribution in [0.5, 0.6) is 0 Å². The maximum atomic E-state index is 9.42. The number of nitrogens with one attached hydrogen (secondary N) is 1. The normalized spacial score (nSPS) is 32.2. The summed E-state index contributed by atoms with van der Waals surface area (Å²) in [7, 11) is 0. The monoisotopic (exact) mass is 257 g/mol. The SMILES string of the molecule is CCNC(C)(CO)CCOC1CC(C)CC(C)C1. The molecule has 0 spiro atoms. The van der Waals surface area contributed by atoms with E-state index in [0.717, 1.165) is 31.4 Å². The van der Waals surface area contributed by atoms with Gasteiger partial charge in [0.15, 0.2) is 0 Å². The number of hydrogen-bond acceptors (Lipinski definition) is 3. The predicted molar refractivity (Wildman–Crippen MR) is 75.7 cm³/mol. The highest BCUT2D eigenvalue weighted by molar-refractivity contribution is 4.82. The van der Waals surface area contributed by atoms with E-state index in [2.05, 4.69) is 33.0 Å². The van der Waals surface area contributed by atoms with Crippen molar-refractivity contribution in [2.75, 3.05) is 19.8 Å². The lowest BCUT2D eigenvalue weighted by molar-refractivity contribution is -0.0112. The van der Waals surface area contributed by atoms with Crippen LogP contribution in [-0.2, 0) is 4.74 Å². The Morgan fingerprint density at radius 3 is 2.33 bits per heavy atom. The zero-order valence-corrected chi connectivity index (χ0v) is 12.5. The fourth-order valence-electron chi connectivity index (χ4n) is 3.11. The minimum atomic E-state index is -0.194. The van der Waals surface area contributed by atoms with E-state index in [1.54, 1.807) is 0 Å². The van der Waals surface area contributed by atoms with Crippen LogP contribution in [0, 0.1) is 11.8 Å². The summed E-state index contributed by atoms with van der Waals surface area (Å²) in [5.74, 6) is 1.58. The minimum absolute atomic E-state index is 0.168. The van der Waals surface area contributed by atoms with Crippen molar-refractivity contribution in [2.24, 2.45) is 11.8 Å². The Morgan fingerprint density at radius 1 is 1.22 bits per heavy atom. The van der Waals surface area contributed by atoms with Crippen LogP contribution in [0.1, 0.15) is 53.4 Å². The maximum absolute atomic E-state index is 9.42. The van der Waals surface area contributed by atoms with Crippen molar-refractivity contribution in [1.82, 2.24) is 5.32 Å². The van der Waals surface area contributed by atoms with Gasteiger partial charge in [-0.25, -0.2) is 0 Å². The van der Waals surface area contributed by atoms with Gasteiger partial charge in [0.25, 0.3) is 0 Å². The summed E-state index contributed by atoms with van der Waals surface area (Å²) in [6.45, 7) is 10.6. The molecule has 1 aliphatic carbocycles. The summed E-state index contributed by atoms with van der Waals surface area (Å²) >= 11 is 0. The van der Waals surface area contributed by atoms with E-state index >= 15 is 0 Å². The van der Waals surface area contributed by atoms with Gasteiger partial charge in [-0.15, -0.1) is 0 Å². The minimum Gasteiger partial charge on any atom is -0.394 e. The molecule has 2 N–H and O–H groups in total. The number of aliphatic hydroxyl groups excluding tert-OH is 1. The van der Waals surface area contributed by atoms with E-state index in [9.17, 15) is 5.11 Å². The Labute approximate surface area is 112 Å². The van der Waals surface area contributed by atoms with Crippen molar-refractivity contribution in [3.8, 4) is 0 Å². The second-order valence-corrected chi connectivity index (χ2v) is 6.41. The molecule has 3 heteroatoms. The summed E-state index contributed by atoms with van der Waals surface area (Å²) in [5, 5.41) is 12.8. The summed E-state index contributed by atoms with van der Waals surface area (Å²) < 4.78 is 6.02. The lowest BCUT2D eigenvalue weighted by Gasteiger charge is -2.33. The summed E-state index contributed by atoms with van der Waals surface area (Å²) in [4.78, 5) is 0. The molecule has 1 saturated carbocycles.